The number of carbonyl (C=O) groups excluding carboxylic acids is 1. The number of hydrogen-bond acceptors (Lipinski definition) is 4. The van der Waals surface area contributed by atoms with E-state index in [2.05, 4.69) is 54.4 Å². The highest BCUT2D eigenvalue weighted by Gasteiger charge is 2.57. The summed E-state index contributed by atoms with van der Waals surface area (Å²) in [5, 5.41) is 3.29. The summed E-state index contributed by atoms with van der Waals surface area (Å²) in [5.74, 6) is 1.43. The summed E-state index contributed by atoms with van der Waals surface area (Å²) in [6.45, 7) is 5.06. The molecule has 1 N–H and O–H groups in total. The van der Waals surface area contributed by atoms with Crippen LogP contribution in [-0.4, -0.2) is 32.3 Å². The van der Waals surface area contributed by atoms with Crippen LogP contribution < -0.4 is 19.7 Å². The molecule has 0 unspecified atom stereocenters. The van der Waals surface area contributed by atoms with Crippen LogP contribution in [0.15, 0.2) is 48.5 Å². The van der Waals surface area contributed by atoms with Gasteiger partial charge < -0.3 is 19.7 Å². The average Bonchev–Trinajstić information content (AvgIpc) is 2.90. The standard InChI is InChI=1S/C23H26N2O3/c1-22(2)17-9-5-6-10-18(17)25-15-13-20(26)24-23(22,25)14-12-16-8-7-11-19(27-3)21(16)28-4/h5-12,14H,13,15H2,1-4H3,(H,24,26)/b14-12+/t23-/m1/s1. The van der Waals surface area contributed by atoms with Gasteiger partial charge in [-0.2, -0.15) is 0 Å². The molecule has 2 aromatic carbocycles. The van der Waals surface area contributed by atoms with Crippen molar-refractivity contribution >= 4 is 17.7 Å². The maximum Gasteiger partial charge on any atom is 0.223 e. The summed E-state index contributed by atoms with van der Waals surface area (Å²) in [4.78, 5) is 14.8. The van der Waals surface area contributed by atoms with Crippen LogP contribution in [0.1, 0.15) is 31.4 Å². The number of carbonyl (C=O) groups is 1. The van der Waals surface area contributed by atoms with Crippen molar-refractivity contribution in [2.24, 2.45) is 0 Å². The van der Waals surface area contributed by atoms with Gasteiger partial charge in [-0.25, -0.2) is 0 Å². The normalized spacial score (nSPS) is 22.6. The Kier molecular flexibility index (Phi) is 4.33. The van der Waals surface area contributed by atoms with Crippen molar-refractivity contribution in [2.45, 2.75) is 31.3 Å². The van der Waals surface area contributed by atoms with Gasteiger partial charge in [-0.05, 0) is 23.8 Å². The van der Waals surface area contributed by atoms with Gasteiger partial charge >= 0.3 is 0 Å². The Morgan fingerprint density at radius 2 is 1.86 bits per heavy atom. The third-order valence-electron chi connectivity index (χ3n) is 6.08. The van der Waals surface area contributed by atoms with Gasteiger partial charge in [-0.1, -0.05) is 50.3 Å². The summed E-state index contributed by atoms with van der Waals surface area (Å²) in [7, 11) is 3.27. The molecule has 1 fully saturated rings. The largest absolute Gasteiger partial charge is 0.493 e. The second-order valence-corrected chi connectivity index (χ2v) is 7.77. The third kappa shape index (κ3) is 2.49. The molecule has 5 nitrogen and oxygen atoms in total. The molecule has 5 heteroatoms. The topological polar surface area (TPSA) is 50.8 Å². The second kappa shape index (κ2) is 6.59. The van der Waals surface area contributed by atoms with E-state index in [1.807, 2.05) is 24.3 Å². The predicted octanol–water partition coefficient (Wildman–Crippen LogP) is 3.73. The van der Waals surface area contributed by atoms with Crippen LogP contribution in [0.25, 0.3) is 6.08 Å². The van der Waals surface area contributed by atoms with Crippen molar-refractivity contribution in [3.8, 4) is 11.5 Å². The van der Waals surface area contributed by atoms with Gasteiger partial charge in [0.1, 0.15) is 5.66 Å². The van der Waals surface area contributed by atoms with E-state index < -0.39 is 5.66 Å². The number of ether oxygens (including phenoxy) is 2. The summed E-state index contributed by atoms with van der Waals surface area (Å²) in [5.41, 5.74) is 2.37. The van der Waals surface area contributed by atoms with Crippen molar-refractivity contribution in [2.75, 3.05) is 25.7 Å². The highest BCUT2D eigenvalue weighted by molar-refractivity contribution is 5.84. The van der Waals surface area contributed by atoms with Crippen LogP contribution in [0.2, 0.25) is 0 Å². The molecule has 1 saturated heterocycles. The molecule has 4 rings (SSSR count). The van der Waals surface area contributed by atoms with Crippen molar-refractivity contribution in [1.29, 1.82) is 0 Å². The molecule has 0 saturated carbocycles. The van der Waals surface area contributed by atoms with Crippen molar-refractivity contribution in [3.63, 3.8) is 0 Å². The van der Waals surface area contributed by atoms with E-state index in [4.69, 9.17) is 9.47 Å². The third-order valence-corrected chi connectivity index (χ3v) is 6.08. The molecule has 0 radical (unpaired) electrons. The number of benzene rings is 2. The molecular weight excluding hydrogens is 352 g/mol. The number of fused-ring (bicyclic) bond motifs is 3. The summed E-state index contributed by atoms with van der Waals surface area (Å²) < 4.78 is 11.0. The molecule has 2 aromatic rings. The Balaban J connectivity index is 1.85. The molecule has 0 bridgehead atoms. The molecule has 1 amide bonds. The predicted molar refractivity (Wildman–Crippen MR) is 111 cm³/mol. The zero-order valence-electron chi connectivity index (χ0n) is 16.8. The zero-order valence-corrected chi connectivity index (χ0v) is 16.8. The Morgan fingerprint density at radius 1 is 1.07 bits per heavy atom. The van der Waals surface area contributed by atoms with Gasteiger partial charge in [0.05, 0.1) is 14.2 Å². The fourth-order valence-corrected chi connectivity index (χ4v) is 4.57. The Morgan fingerprint density at radius 3 is 2.61 bits per heavy atom. The molecule has 0 aromatic heterocycles. The number of nitrogens with one attached hydrogen (secondary N) is 1. The molecule has 1 atom stereocenters. The fraction of sp³-hybridized carbons (Fsp3) is 0.348. The minimum atomic E-state index is -0.639. The van der Waals surface area contributed by atoms with Crippen LogP contribution >= 0.6 is 0 Å². The maximum absolute atomic E-state index is 12.5. The number of para-hydroxylation sites is 2. The van der Waals surface area contributed by atoms with E-state index in [0.717, 1.165) is 5.56 Å². The van der Waals surface area contributed by atoms with Crippen LogP contribution in [-0.2, 0) is 10.2 Å². The minimum absolute atomic E-state index is 0.0689. The lowest BCUT2D eigenvalue weighted by atomic mass is 9.74. The first-order chi connectivity index (χ1) is 13.4. The van der Waals surface area contributed by atoms with Crippen LogP contribution in [0, 0.1) is 0 Å². The maximum atomic E-state index is 12.5. The molecular formula is C23H26N2O3. The molecule has 0 aliphatic carbocycles. The average molecular weight is 378 g/mol. The van der Waals surface area contributed by atoms with Gasteiger partial charge in [-0.3, -0.25) is 4.79 Å². The lowest BCUT2D eigenvalue weighted by molar-refractivity contribution is -0.124. The van der Waals surface area contributed by atoms with E-state index in [1.54, 1.807) is 14.2 Å². The van der Waals surface area contributed by atoms with E-state index in [9.17, 15) is 4.79 Å². The van der Waals surface area contributed by atoms with E-state index in [-0.39, 0.29) is 11.3 Å². The van der Waals surface area contributed by atoms with Crippen LogP contribution in [0.3, 0.4) is 0 Å². The quantitative estimate of drug-likeness (QED) is 0.881. The lowest BCUT2D eigenvalue weighted by Crippen LogP contribution is -2.68. The molecule has 28 heavy (non-hydrogen) atoms. The van der Waals surface area contributed by atoms with Gasteiger partial charge in [0.15, 0.2) is 11.5 Å². The van der Waals surface area contributed by atoms with Crippen LogP contribution in [0.5, 0.6) is 11.5 Å². The highest BCUT2D eigenvalue weighted by atomic mass is 16.5. The van der Waals surface area contributed by atoms with Gasteiger partial charge in [0, 0.05) is 29.6 Å². The number of rotatable bonds is 4. The van der Waals surface area contributed by atoms with Gasteiger partial charge in [-0.15, -0.1) is 0 Å². The minimum Gasteiger partial charge on any atom is -0.493 e. The fourth-order valence-electron chi connectivity index (χ4n) is 4.57. The first-order valence-corrected chi connectivity index (χ1v) is 9.53. The molecule has 2 heterocycles. The van der Waals surface area contributed by atoms with Crippen molar-refractivity contribution in [1.82, 2.24) is 5.32 Å². The summed E-state index contributed by atoms with van der Waals surface area (Å²) in [6, 6.07) is 14.2. The second-order valence-electron chi connectivity index (χ2n) is 7.77. The number of hydrogen-bond donors (Lipinski definition) is 1. The lowest BCUT2D eigenvalue weighted by Gasteiger charge is -2.49. The molecule has 2 aliphatic rings. The SMILES string of the molecule is COc1cccc(/C=C/[C@@]23NC(=O)CCN2c2ccccc2C3(C)C)c1OC. The summed E-state index contributed by atoms with van der Waals surface area (Å²) in [6.07, 6.45) is 4.61. The van der Waals surface area contributed by atoms with E-state index in [1.165, 1.54) is 11.3 Å². The van der Waals surface area contributed by atoms with Crippen molar-refractivity contribution in [3.05, 3.63) is 59.7 Å². The van der Waals surface area contributed by atoms with E-state index in [0.29, 0.717) is 24.5 Å². The van der Waals surface area contributed by atoms with Crippen molar-refractivity contribution < 1.29 is 14.3 Å². The van der Waals surface area contributed by atoms with Crippen LogP contribution in [0.4, 0.5) is 5.69 Å². The smallest absolute Gasteiger partial charge is 0.223 e. The monoisotopic (exact) mass is 378 g/mol. The number of methoxy groups -OCH3 is 2. The Bertz CT molecular complexity index is 951. The summed E-state index contributed by atoms with van der Waals surface area (Å²) >= 11 is 0. The number of anilines is 1. The highest BCUT2D eigenvalue weighted by Crippen LogP contribution is 2.52. The Hall–Kier alpha value is -2.95. The van der Waals surface area contributed by atoms with E-state index >= 15 is 0 Å². The molecule has 146 valence electrons. The zero-order chi connectivity index (χ0) is 19.9. The number of amides is 1. The van der Waals surface area contributed by atoms with Gasteiger partial charge in [0.2, 0.25) is 5.91 Å². The molecule has 2 aliphatic heterocycles. The first-order valence-electron chi connectivity index (χ1n) is 9.53. The van der Waals surface area contributed by atoms with Gasteiger partial charge in [0.25, 0.3) is 0 Å². The number of nitrogens with zero attached hydrogens (tertiary/aromatic N) is 1. The Labute approximate surface area is 165 Å². The molecule has 0 spiro atoms. The first kappa shape index (κ1) is 18.4.